The Hall–Kier alpha value is -1.12. The van der Waals surface area contributed by atoms with Gasteiger partial charge in [0.15, 0.2) is 0 Å². The van der Waals surface area contributed by atoms with E-state index in [0.717, 1.165) is 37.0 Å². The van der Waals surface area contributed by atoms with Crippen LogP contribution in [0.15, 0.2) is 12.2 Å². The number of allylic oxidation sites excluding steroid dienone is 2. The molecule has 24 heavy (non-hydrogen) atoms. The first kappa shape index (κ1) is 13.1. The largest absolute Gasteiger partial charge is 0.276 e. The lowest BCUT2D eigenvalue weighted by Gasteiger charge is -2.59. The number of amides is 2. The zero-order valence-corrected chi connectivity index (χ0v) is 14.1. The maximum absolute atomic E-state index is 13.5. The van der Waals surface area contributed by atoms with Crippen molar-refractivity contribution in [1.29, 1.82) is 0 Å². The van der Waals surface area contributed by atoms with Crippen molar-refractivity contribution in [3.63, 3.8) is 0 Å². The summed E-state index contributed by atoms with van der Waals surface area (Å²) in [5, 5.41) is 0. The van der Waals surface area contributed by atoms with Crippen molar-refractivity contribution in [1.82, 2.24) is 4.90 Å². The molecule has 9 rings (SSSR count). The van der Waals surface area contributed by atoms with E-state index in [9.17, 15) is 9.59 Å². The summed E-state index contributed by atoms with van der Waals surface area (Å²) in [4.78, 5) is 28.9. The minimum Gasteiger partial charge on any atom is -0.276 e. The first-order chi connectivity index (χ1) is 11.6. The highest BCUT2D eigenvalue weighted by Gasteiger charge is 2.70. The number of imide groups is 1. The molecule has 0 aromatic heterocycles. The zero-order valence-electron chi connectivity index (χ0n) is 14.1. The molecule has 8 aliphatic carbocycles. The van der Waals surface area contributed by atoms with Gasteiger partial charge in [-0.3, -0.25) is 14.5 Å². The second kappa shape index (κ2) is 3.83. The molecule has 3 nitrogen and oxygen atoms in total. The summed E-state index contributed by atoms with van der Waals surface area (Å²) in [6.45, 7) is 0. The Morgan fingerprint density at radius 3 is 1.67 bits per heavy atom. The first-order valence-electron chi connectivity index (χ1n) is 10.2. The first-order valence-corrected chi connectivity index (χ1v) is 10.2. The molecule has 126 valence electrons. The zero-order chi connectivity index (χ0) is 15.8. The van der Waals surface area contributed by atoms with Gasteiger partial charge >= 0.3 is 0 Å². The Kier molecular flexibility index (Phi) is 2.10. The third kappa shape index (κ3) is 1.33. The molecule has 6 atom stereocenters. The molecular formula is C21H25NO2. The number of nitrogens with zero attached hydrogens (tertiary/aromatic N) is 1. The summed E-state index contributed by atoms with van der Waals surface area (Å²) in [6, 6.07) is 0. The van der Waals surface area contributed by atoms with Gasteiger partial charge in [0.2, 0.25) is 11.8 Å². The van der Waals surface area contributed by atoms with Crippen molar-refractivity contribution in [2.75, 3.05) is 0 Å². The van der Waals surface area contributed by atoms with Crippen molar-refractivity contribution >= 4 is 11.8 Å². The van der Waals surface area contributed by atoms with E-state index in [1.54, 1.807) is 0 Å². The van der Waals surface area contributed by atoms with Gasteiger partial charge in [-0.25, -0.2) is 0 Å². The SMILES string of the molecule is O=C1[C@@H]2[C@@H]3C=C[C@H]([C@H]4C[C@@H]34)[C@@H]2C(=O)N1C12CC3CC(CC(C3)C1)C2. The lowest BCUT2D eigenvalue weighted by molar-refractivity contribution is -0.159. The van der Waals surface area contributed by atoms with Crippen molar-refractivity contribution in [3.05, 3.63) is 12.2 Å². The molecule has 1 aliphatic heterocycles. The summed E-state index contributed by atoms with van der Waals surface area (Å²) in [7, 11) is 0. The molecule has 6 saturated carbocycles. The Morgan fingerprint density at radius 1 is 0.750 bits per heavy atom. The van der Waals surface area contributed by atoms with Crippen molar-refractivity contribution < 1.29 is 9.59 Å². The van der Waals surface area contributed by atoms with Gasteiger partial charge in [-0.2, -0.15) is 0 Å². The second-order valence-electron chi connectivity index (χ2n) is 10.3. The van der Waals surface area contributed by atoms with Crippen molar-refractivity contribution in [2.45, 2.75) is 50.5 Å². The molecule has 0 unspecified atom stereocenters. The van der Waals surface area contributed by atoms with Gasteiger partial charge in [-0.05, 0) is 86.4 Å². The minimum atomic E-state index is -0.0795. The van der Waals surface area contributed by atoms with Crippen LogP contribution in [0.2, 0.25) is 0 Å². The van der Waals surface area contributed by atoms with Gasteiger partial charge in [-0.15, -0.1) is 0 Å². The molecule has 1 heterocycles. The highest BCUT2D eigenvalue weighted by molar-refractivity contribution is 6.07. The standard InChI is InChI=1S/C21H25NO2/c23-19-17-13-1-2-14(16-6-15(13)16)18(17)20(24)22(19)21-7-10-3-11(8-21)5-12(4-10)9-21/h1-2,10-18H,3-9H2/t10?,11?,12?,13-,14-,15-,16+,17+,18-,21?/m1/s1. The molecule has 0 spiro atoms. The van der Waals surface area contributed by atoms with Crippen LogP contribution in [0.3, 0.4) is 0 Å². The van der Waals surface area contributed by atoms with Gasteiger partial charge in [-0.1, -0.05) is 12.2 Å². The average Bonchev–Trinajstić information content (AvgIpc) is 3.30. The average molecular weight is 323 g/mol. The van der Waals surface area contributed by atoms with Crippen LogP contribution in [0, 0.1) is 53.3 Å². The van der Waals surface area contributed by atoms with Crippen LogP contribution in [0.25, 0.3) is 0 Å². The Labute approximate surface area is 142 Å². The van der Waals surface area contributed by atoms with E-state index >= 15 is 0 Å². The fourth-order valence-corrected chi connectivity index (χ4v) is 8.76. The Morgan fingerprint density at radius 2 is 1.21 bits per heavy atom. The van der Waals surface area contributed by atoms with Crippen molar-refractivity contribution in [2.24, 2.45) is 53.3 Å². The van der Waals surface area contributed by atoms with E-state index in [-0.39, 0.29) is 29.2 Å². The van der Waals surface area contributed by atoms with E-state index in [1.165, 1.54) is 25.7 Å². The number of carbonyl (C=O) groups is 2. The molecule has 6 bridgehead atoms. The van der Waals surface area contributed by atoms with E-state index in [0.29, 0.717) is 23.7 Å². The fourth-order valence-electron chi connectivity index (χ4n) is 8.76. The smallest absolute Gasteiger partial charge is 0.234 e. The predicted molar refractivity (Wildman–Crippen MR) is 87.5 cm³/mol. The van der Waals surface area contributed by atoms with Crippen LogP contribution in [-0.4, -0.2) is 22.3 Å². The summed E-state index contributed by atoms with van der Waals surface area (Å²) in [5.74, 6) is 5.00. The van der Waals surface area contributed by atoms with Gasteiger partial charge in [0, 0.05) is 0 Å². The maximum Gasteiger partial charge on any atom is 0.234 e. The lowest BCUT2D eigenvalue weighted by atomic mass is 9.52. The third-order valence-corrected chi connectivity index (χ3v) is 9.14. The van der Waals surface area contributed by atoms with E-state index < -0.39 is 0 Å². The second-order valence-corrected chi connectivity index (χ2v) is 10.3. The molecule has 1 saturated heterocycles. The van der Waals surface area contributed by atoms with Crippen LogP contribution in [0.5, 0.6) is 0 Å². The molecule has 9 aliphatic rings. The lowest BCUT2D eigenvalue weighted by Crippen LogP contribution is -2.62. The Balaban J connectivity index is 1.32. The molecule has 2 amide bonds. The highest BCUT2D eigenvalue weighted by Crippen LogP contribution is 2.67. The van der Waals surface area contributed by atoms with Gasteiger partial charge in [0.1, 0.15) is 0 Å². The van der Waals surface area contributed by atoms with Gasteiger partial charge in [0.25, 0.3) is 0 Å². The normalized spacial score (nSPS) is 61.5. The Bertz CT molecular complexity index is 637. The van der Waals surface area contributed by atoms with Crippen LogP contribution < -0.4 is 0 Å². The van der Waals surface area contributed by atoms with Crippen LogP contribution in [-0.2, 0) is 9.59 Å². The van der Waals surface area contributed by atoms with Crippen molar-refractivity contribution in [3.8, 4) is 0 Å². The summed E-state index contributed by atoms with van der Waals surface area (Å²) in [6.07, 6.45) is 13.3. The maximum atomic E-state index is 13.5. The quantitative estimate of drug-likeness (QED) is 0.549. The number of carbonyl (C=O) groups excluding carboxylic acids is 2. The molecule has 0 radical (unpaired) electrons. The summed E-state index contributed by atoms with van der Waals surface area (Å²) >= 11 is 0. The molecule has 0 N–H and O–H groups in total. The molecule has 3 heteroatoms. The summed E-state index contributed by atoms with van der Waals surface area (Å²) < 4.78 is 0. The fraction of sp³-hybridized carbons (Fsp3) is 0.810. The number of likely N-dealkylation sites (tertiary alicyclic amines) is 1. The van der Waals surface area contributed by atoms with Gasteiger partial charge in [0.05, 0.1) is 17.4 Å². The highest BCUT2D eigenvalue weighted by atomic mass is 16.2. The summed E-state index contributed by atoms with van der Waals surface area (Å²) in [5.41, 5.74) is -0.0795. The predicted octanol–water partition coefficient (Wildman–Crippen LogP) is 3.01. The van der Waals surface area contributed by atoms with Crippen LogP contribution in [0.4, 0.5) is 0 Å². The molecular weight excluding hydrogens is 298 g/mol. The van der Waals surface area contributed by atoms with E-state index in [1.807, 2.05) is 4.90 Å². The third-order valence-electron chi connectivity index (χ3n) is 9.14. The van der Waals surface area contributed by atoms with Gasteiger partial charge < -0.3 is 0 Å². The number of hydrogen-bond donors (Lipinski definition) is 0. The number of hydrogen-bond acceptors (Lipinski definition) is 2. The molecule has 0 aromatic carbocycles. The molecule has 0 aromatic rings. The van der Waals surface area contributed by atoms with Crippen LogP contribution >= 0.6 is 0 Å². The molecule has 7 fully saturated rings. The van der Waals surface area contributed by atoms with Crippen LogP contribution in [0.1, 0.15) is 44.9 Å². The monoisotopic (exact) mass is 323 g/mol. The van der Waals surface area contributed by atoms with E-state index in [2.05, 4.69) is 12.2 Å². The minimum absolute atomic E-state index is 0.00394. The topological polar surface area (TPSA) is 37.4 Å². The number of rotatable bonds is 1. The van der Waals surface area contributed by atoms with E-state index in [4.69, 9.17) is 0 Å².